The summed E-state index contributed by atoms with van der Waals surface area (Å²) in [6.07, 6.45) is 1.85. The maximum atomic E-state index is 14.3. The van der Waals surface area contributed by atoms with E-state index in [1.54, 1.807) is 16.6 Å². The summed E-state index contributed by atoms with van der Waals surface area (Å²) in [6.45, 7) is 7.22. The van der Waals surface area contributed by atoms with E-state index >= 15 is 0 Å². The SMILES string of the molecule is CCN(CC)C(=O)C1=C(C)N=c2s/c(=C/c3ccc(OCc4cccc(Cl)c4)cc3)c(=O)n2[C@@H]1c1c(OC)ccc2ccccc12. The van der Waals surface area contributed by atoms with Gasteiger partial charge in [0, 0.05) is 23.7 Å². The van der Waals surface area contributed by atoms with Crippen molar-refractivity contribution in [1.29, 1.82) is 0 Å². The van der Waals surface area contributed by atoms with E-state index in [1.165, 1.54) is 11.3 Å². The number of ether oxygens (including phenoxy) is 2. The van der Waals surface area contributed by atoms with Crippen LogP contribution in [0.15, 0.2) is 106 Å². The summed E-state index contributed by atoms with van der Waals surface area (Å²) in [7, 11) is 1.61. The van der Waals surface area contributed by atoms with Gasteiger partial charge in [0.25, 0.3) is 11.5 Å². The first kappa shape index (κ1) is 31.3. The fourth-order valence-electron chi connectivity index (χ4n) is 5.89. The molecule has 4 aromatic carbocycles. The van der Waals surface area contributed by atoms with Crippen LogP contribution in [0.25, 0.3) is 16.8 Å². The molecule has 0 aliphatic carbocycles. The van der Waals surface area contributed by atoms with Crippen LogP contribution in [0, 0.1) is 0 Å². The number of likely N-dealkylation sites (N-methyl/N-ethyl adjacent to an activating group) is 1. The lowest BCUT2D eigenvalue weighted by Gasteiger charge is -2.30. The largest absolute Gasteiger partial charge is 0.496 e. The number of thiazole rings is 1. The summed E-state index contributed by atoms with van der Waals surface area (Å²) < 4.78 is 14.0. The lowest BCUT2D eigenvalue weighted by Crippen LogP contribution is -2.43. The second kappa shape index (κ2) is 13.4. The molecule has 2 heterocycles. The molecule has 0 saturated carbocycles. The number of nitrogens with zero attached hydrogens (tertiary/aromatic N) is 3. The Morgan fingerprint density at radius 2 is 1.78 bits per heavy atom. The van der Waals surface area contributed by atoms with E-state index in [1.807, 2.05) is 112 Å². The maximum absolute atomic E-state index is 14.3. The molecule has 5 aromatic rings. The van der Waals surface area contributed by atoms with E-state index in [2.05, 4.69) is 0 Å². The number of amides is 1. The van der Waals surface area contributed by atoms with Crippen LogP contribution in [-0.4, -0.2) is 35.6 Å². The highest BCUT2D eigenvalue weighted by Crippen LogP contribution is 2.40. The molecule has 0 spiro atoms. The standard InChI is InChI=1S/C37H34ClN3O4S/c1-5-40(6-2)36(43)32-23(3)39-37-41(34(32)33-29-13-8-7-11-26(29)16-19-30(33)44-4)35(42)31(46-37)21-24-14-17-28(18-15-24)45-22-25-10-9-12-27(38)20-25/h7-21,34H,5-6,22H2,1-4H3/b31-21+/t34-/m0/s1. The average Bonchev–Trinajstić information content (AvgIpc) is 3.37. The summed E-state index contributed by atoms with van der Waals surface area (Å²) in [6, 6.07) is 26.3. The zero-order chi connectivity index (χ0) is 32.4. The van der Waals surface area contributed by atoms with E-state index in [0.717, 1.165) is 27.5 Å². The molecule has 0 fully saturated rings. The summed E-state index contributed by atoms with van der Waals surface area (Å²) in [5.74, 6) is 1.16. The first-order valence-corrected chi connectivity index (χ1v) is 16.4. The molecule has 0 unspecified atom stereocenters. The van der Waals surface area contributed by atoms with Gasteiger partial charge in [-0.1, -0.05) is 77.5 Å². The highest BCUT2D eigenvalue weighted by molar-refractivity contribution is 7.07. The van der Waals surface area contributed by atoms with E-state index < -0.39 is 6.04 Å². The second-order valence-corrected chi connectivity index (χ2v) is 12.4. The zero-order valence-electron chi connectivity index (χ0n) is 26.1. The fraction of sp³-hybridized carbons (Fsp3) is 0.216. The topological polar surface area (TPSA) is 73.1 Å². The van der Waals surface area contributed by atoms with Gasteiger partial charge in [-0.25, -0.2) is 4.99 Å². The Kier molecular flexibility index (Phi) is 9.10. The Bertz CT molecular complexity index is 2150. The van der Waals surface area contributed by atoms with Crippen molar-refractivity contribution in [3.8, 4) is 11.5 Å². The number of allylic oxidation sites excluding steroid dienone is 1. The minimum atomic E-state index is -0.727. The van der Waals surface area contributed by atoms with Crippen molar-refractivity contribution in [2.24, 2.45) is 4.99 Å². The summed E-state index contributed by atoms with van der Waals surface area (Å²) in [4.78, 5) is 35.6. The predicted molar refractivity (Wildman–Crippen MR) is 184 cm³/mol. The molecule has 0 radical (unpaired) electrons. The van der Waals surface area contributed by atoms with Crippen LogP contribution in [0.2, 0.25) is 5.02 Å². The summed E-state index contributed by atoms with van der Waals surface area (Å²) >= 11 is 7.41. The normalized spacial score (nSPS) is 14.6. The van der Waals surface area contributed by atoms with Gasteiger partial charge in [0.15, 0.2) is 4.80 Å². The van der Waals surface area contributed by atoms with Crippen molar-refractivity contribution in [3.63, 3.8) is 0 Å². The molecule has 9 heteroatoms. The minimum Gasteiger partial charge on any atom is -0.496 e. The van der Waals surface area contributed by atoms with E-state index in [0.29, 0.717) is 56.8 Å². The monoisotopic (exact) mass is 651 g/mol. The third-order valence-corrected chi connectivity index (χ3v) is 9.42. The van der Waals surface area contributed by atoms with Crippen LogP contribution < -0.4 is 24.4 Å². The first-order valence-electron chi connectivity index (χ1n) is 15.2. The number of carbonyl (C=O) groups is 1. The smallest absolute Gasteiger partial charge is 0.271 e. The number of hydrogen-bond acceptors (Lipinski definition) is 6. The van der Waals surface area contributed by atoms with Crippen molar-refractivity contribution >= 4 is 45.7 Å². The molecular formula is C37H34ClN3O4S. The number of carbonyl (C=O) groups excluding carboxylic acids is 1. The first-order chi connectivity index (χ1) is 22.3. The Morgan fingerprint density at radius 3 is 2.50 bits per heavy atom. The molecule has 1 atom stereocenters. The molecule has 0 N–H and O–H groups in total. The molecule has 1 amide bonds. The van der Waals surface area contributed by atoms with Gasteiger partial charge in [0.2, 0.25) is 0 Å². The Morgan fingerprint density at radius 1 is 1.02 bits per heavy atom. The minimum absolute atomic E-state index is 0.145. The maximum Gasteiger partial charge on any atom is 0.271 e. The highest BCUT2D eigenvalue weighted by Gasteiger charge is 2.36. The van der Waals surface area contributed by atoms with Gasteiger partial charge in [0.1, 0.15) is 24.1 Å². The lowest BCUT2D eigenvalue weighted by molar-refractivity contribution is -0.127. The van der Waals surface area contributed by atoms with Crippen molar-refractivity contribution < 1.29 is 14.3 Å². The van der Waals surface area contributed by atoms with Crippen molar-refractivity contribution in [2.45, 2.75) is 33.4 Å². The molecule has 1 aromatic heterocycles. The molecule has 46 heavy (non-hydrogen) atoms. The molecular weight excluding hydrogens is 618 g/mol. The van der Waals surface area contributed by atoms with E-state index in [4.69, 9.17) is 26.1 Å². The zero-order valence-corrected chi connectivity index (χ0v) is 27.7. The van der Waals surface area contributed by atoms with Crippen LogP contribution >= 0.6 is 22.9 Å². The predicted octanol–water partition coefficient (Wildman–Crippen LogP) is 6.50. The van der Waals surface area contributed by atoms with Crippen LogP contribution in [0.3, 0.4) is 0 Å². The van der Waals surface area contributed by atoms with E-state index in [9.17, 15) is 9.59 Å². The van der Waals surface area contributed by atoms with E-state index in [-0.39, 0.29) is 11.5 Å². The Labute approximate surface area is 276 Å². The fourth-order valence-corrected chi connectivity index (χ4v) is 7.15. The van der Waals surface area contributed by atoms with Gasteiger partial charge < -0.3 is 14.4 Å². The quantitative estimate of drug-likeness (QED) is 0.183. The average molecular weight is 652 g/mol. The van der Waals surface area contributed by atoms with Crippen molar-refractivity contribution in [2.75, 3.05) is 20.2 Å². The van der Waals surface area contributed by atoms with Gasteiger partial charge in [-0.15, -0.1) is 0 Å². The van der Waals surface area contributed by atoms with Crippen molar-refractivity contribution in [1.82, 2.24) is 9.47 Å². The lowest BCUT2D eigenvalue weighted by atomic mass is 9.90. The number of benzene rings is 4. The molecule has 1 aliphatic rings. The molecule has 7 nitrogen and oxygen atoms in total. The number of aromatic nitrogens is 1. The van der Waals surface area contributed by atoms with Crippen LogP contribution in [0.4, 0.5) is 0 Å². The number of halogens is 1. The van der Waals surface area contributed by atoms with Gasteiger partial charge in [0.05, 0.1) is 22.9 Å². The van der Waals surface area contributed by atoms with Gasteiger partial charge in [-0.05, 0) is 79.1 Å². The Balaban J connectivity index is 1.46. The second-order valence-electron chi connectivity index (χ2n) is 10.9. The van der Waals surface area contributed by atoms with Gasteiger partial charge in [-0.3, -0.25) is 14.2 Å². The summed E-state index contributed by atoms with van der Waals surface area (Å²) in [5, 5.41) is 2.57. The van der Waals surface area contributed by atoms with Crippen LogP contribution in [-0.2, 0) is 11.4 Å². The number of methoxy groups -OCH3 is 1. The third-order valence-electron chi connectivity index (χ3n) is 8.20. The molecule has 234 valence electrons. The number of fused-ring (bicyclic) bond motifs is 2. The van der Waals surface area contributed by atoms with Crippen LogP contribution in [0.1, 0.15) is 43.5 Å². The number of rotatable bonds is 9. The van der Waals surface area contributed by atoms with Gasteiger partial charge in [-0.2, -0.15) is 0 Å². The molecule has 1 aliphatic heterocycles. The van der Waals surface area contributed by atoms with Crippen molar-refractivity contribution in [3.05, 3.63) is 138 Å². The molecule has 0 bridgehead atoms. The highest BCUT2D eigenvalue weighted by atomic mass is 35.5. The van der Waals surface area contributed by atoms with Gasteiger partial charge >= 0.3 is 0 Å². The third kappa shape index (κ3) is 5.98. The summed E-state index contributed by atoms with van der Waals surface area (Å²) in [5.41, 5.74) is 3.42. The molecule has 6 rings (SSSR count). The van der Waals surface area contributed by atoms with Crippen LogP contribution in [0.5, 0.6) is 11.5 Å². The Hall–Kier alpha value is -4.66. The molecule has 0 saturated heterocycles. The number of hydrogen-bond donors (Lipinski definition) is 0.